The molecule has 0 radical (unpaired) electrons. The van der Waals surface area contributed by atoms with Crippen LogP contribution in [-0.2, 0) is 4.79 Å². The predicted octanol–water partition coefficient (Wildman–Crippen LogP) is 2.93. The molecule has 0 fully saturated rings. The van der Waals surface area contributed by atoms with Crippen LogP contribution >= 0.6 is 0 Å². The molecule has 0 spiro atoms. The Hall–Kier alpha value is -2.40. The molecule has 5 heteroatoms. The van der Waals surface area contributed by atoms with Crippen molar-refractivity contribution in [3.8, 4) is 0 Å². The molecule has 0 bridgehead atoms. The highest BCUT2D eigenvalue weighted by Crippen LogP contribution is 2.19. The molecule has 0 aliphatic carbocycles. The first-order valence-electron chi connectivity index (χ1n) is 7.46. The van der Waals surface area contributed by atoms with Crippen molar-refractivity contribution in [3.63, 3.8) is 0 Å². The lowest BCUT2D eigenvalue weighted by Gasteiger charge is -2.15. The van der Waals surface area contributed by atoms with E-state index in [1.54, 1.807) is 12.3 Å². The summed E-state index contributed by atoms with van der Waals surface area (Å²) in [5.41, 5.74) is 7.50. The van der Waals surface area contributed by atoms with E-state index in [2.05, 4.69) is 34.7 Å². The first-order valence-corrected chi connectivity index (χ1v) is 7.46. The molecule has 116 valence electrons. The molecule has 0 aliphatic rings. The van der Waals surface area contributed by atoms with Crippen molar-refractivity contribution in [1.29, 1.82) is 0 Å². The van der Waals surface area contributed by atoms with E-state index in [9.17, 15) is 4.79 Å². The molecule has 1 heterocycles. The lowest BCUT2D eigenvalue weighted by Crippen LogP contribution is -2.14. The molecule has 0 saturated heterocycles. The molecule has 5 nitrogen and oxygen atoms in total. The van der Waals surface area contributed by atoms with Crippen molar-refractivity contribution in [2.45, 2.75) is 25.8 Å². The van der Waals surface area contributed by atoms with Gasteiger partial charge in [-0.15, -0.1) is 0 Å². The third kappa shape index (κ3) is 4.86. The van der Waals surface area contributed by atoms with Gasteiger partial charge in [-0.05, 0) is 37.6 Å². The summed E-state index contributed by atoms with van der Waals surface area (Å²) in [5, 5.41) is 6.14. The highest BCUT2D eigenvalue weighted by molar-refractivity contribution is 5.89. The molecule has 22 heavy (non-hydrogen) atoms. The van der Waals surface area contributed by atoms with Crippen LogP contribution in [0, 0.1) is 0 Å². The third-order valence-corrected chi connectivity index (χ3v) is 3.32. The lowest BCUT2D eigenvalue weighted by molar-refractivity contribution is -0.116. The standard InChI is InChI=1S/C17H22N4O/c1-13(14-6-3-2-4-7-14)20-15-9-10-16(19-12-15)21-17(22)8-5-11-18/h2-4,6-7,9-10,12-13,20H,5,8,11,18H2,1H3,(H,19,21,22). The minimum atomic E-state index is -0.0590. The van der Waals surface area contributed by atoms with Gasteiger partial charge < -0.3 is 16.4 Å². The molecule has 1 aromatic carbocycles. The summed E-state index contributed by atoms with van der Waals surface area (Å²) >= 11 is 0. The third-order valence-electron chi connectivity index (χ3n) is 3.32. The van der Waals surface area contributed by atoms with Crippen LogP contribution in [0.2, 0.25) is 0 Å². The number of rotatable bonds is 7. The number of carbonyl (C=O) groups excluding carboxylic acids is 1. The summed E-state index contributed by atoms with van der Waals surface area (Å²) in [7, 11) is 0. The fraction of sp³-hybridized carbons (Fsp3) is 0.294. The minimum absolute atomic E-state index is 0.0590. The smallest absolute Gasteiger partial charge is 0.225 e. The summed E-state index contributed by atoms with van der Waals surface area (Å²) in [6, 6.07) is 14.1. The normalized spacial score (nSPS) is 11.7. The second kappa shape index (κ2) is 8.14. The largest absolute Gasteiger partial charge is 0.377 e. The molecule has 1 aromatic heterocycles. The van der Waals surface area contributed by atoms with Gasteiger partial charge in [0.15, 0.2) is 0 Å². The molecular weight excluding hydrogens is 276 g/mol. The fourth-order valence-corrected chi connectivity index (χ4v) is 2.10. The monoisotopic (exact) mass is 298 g/mol. The number of carbonyl (C=O) groups is 1. The van der Waals surface area contributed by atoms with Crippen molar-refractivity contribution in [1.82, 2.24) is 4.98 Å². The number of nitrogens with one attached hydrogen (secondary N) is 2. The van der Waals surface area contributed by atoms with Crippen molar-refractivity contribution in [3.05, 3.63) is 54.2 Å². The first-order chi connectivity index (χ1) is 10.7. The van der Waals surface area contributed by atoms with Crippen molar-refractivity contribution in [2.75, 3.05) is 17.2 Å². The molecule has 2 rings (SSSR count). The van der Waals surface area contributed by atoms with E-state index < -0.39 is 0 Å². The van der Waals surface area contributed by atoms with E-state index in [0.29, 0.717) is 25.2 Å². The summed E-state index contributed by atoms with van der Waals surface area (Å²) in [4.78, 5) is 15.8. The molecule has 0 aliphatic heterocycles. The zero-order chi connectivity index (χ0) is 15.8. The number of anilines is 2. The number of hydrogen-bond acceptors (Lipinski definition) is 4. The van der Waals surface area contributed by atoms with Gasteiger partial charge >= 0.3 is 0 Å². The molecule has 2 aromatic rings. The van der Waals surface area contributed by atoms with Crippen LogP contribution in [0.5, 0.6) is 0 Å². The van der Waals surface area contributed by atoms with Gasteiger partial charge in [0.25, 0.3) is 0 Å². The predicted molar refractivity (Wildman–Crippen MR) is 89.6 cm³/mol. The number of pyridine rings is 1. The Bertz CT molecular complexity index is 583. The van der Waals surface area contributed by atoms with Gasteiger partial charge in [0, 0.05) is 12.5 Å². The van der Waals surface area contributed by atoms with E-state index in [0.717, 1.165) is 5.69 Å². The Balaban J connectivity index is 1.90. The molecular formula is C17H22N4O. The van der Waals surface area contributed by atoms with Crippen molar-refractivity contribution in [2.24, 2.45) is 5.73 Å². The van der Waals surface area contributed by atoms with E-state index in [1.165, 1.54) is 5.56 Å². The molecule has 1 unspecified atom stereocenters. The molecule has 1 amide bonds. The Morgan fingerprint density at radius 2 is 2.00 bits per heavy atom. The Labute approximate surface area is 130 Å². The van der Waals surface area contributed by atoms with Crippen LogP contribution < -0.4 is 16.4 Å². The Morgan fingerprint density at radius 3 is 2.64 bits per heavy atom. The minimum Gasteiger partial charge on any atom is -0.377 e. The highest BCUT2D eigenvalue weighted by Gasteiger charge is 2.06. The maximum atomic E-state index is 11.6. The van der Waals surface area contributed by atoms with Crippen LogP contribution in [0.3, 0.4) is 0 Å². The summed E-state index contributed by atoms with van der Waals surface area (Å²) < 4.78 is 0. The summed E-state index contributed by atoms with van der Waals surface area (Å²) in [6.07, 6.45) is 2.82. The Kier molecular flexibility index (Phi) is 5.91. The van der Waals surface area contributed by atoms with Crippen LogP contribution in [0.25, 0.3) is 0 Å². The number of benzene rings is 1. The van der Waals surface area contributed by atoms with Gasteiger partial charge in [0.1, 0.15) is 5.82 Å². The topological polar surface area (TPSA) is 80.0 Å². The summed E-state index contributed by atoms with van der Waals surface area (Å²) in [6.45, 7) is 2.61. The van der Waals surface area contributed by atoms with Gasteiger partial charge in [-0.2, -0.15) is 0 Å². The maximum Gasteiger partial charge on any atom is 0.225 e. The highest BCUT2D eigenvalue weighted by atomic mass is 16.1. The number of nitrogens with zero attached hydrogens (tertiary/aromatic N) is 1. The molecule has 4 N–H and O–H groups in total. The zero-order valence-corrected chi connectivity index (χ0v) is 12.8. The van der Waals surface area contributed by atoms with Crippen molar-refractivity contribution < 1.29 is 4.79 Å². The van der Waals surface area contributed by atoms with E-state index in [-0.39, 0.29) is 11.9 Å². The number of nitrogens with two attached hydrogens (primary N) is 1. The second-order valence-corrected chi connectivity index (χ2v) is 5.15. The van der Waals surface area contributed by atoms with Crippen LogP contribution in [0.1, 0.15) is 31.4 Å². The van der Waals surface area contributed by atoms with Gasteiger partial charge in [0.2, 0.25) is 5.91 Å². The van der Waals surface area contributed by atoms with E-state index in [4.69, 9.17) is 5.73 Å². The number of amides is 1. The molecule has 0 saturated carbocycles. The SMILES string of the molecule is CC(Nc1ccc(NC(=O)CCCN)nc1)c1ccccc1. The van der Waals surface area contributed by atoms with Crippen LogP contribution in [0.15, 0.2) is 48.7 Å². The number of hydrogen-bond donors (Lipinski definition) is 3. The quantitative estimate of drug-likeness (QED) is 0.734. The average Bonchev–Trinajstić information content (AvgIpc) is 2.55. The van der Waals surface area contributed by atoms with E-state index in [1.807, 2.05) is 24.3 Å². The van der Waals surface area contributed by atoms with E-state index >= 15 is 0 Å². The lowest BCUT2D eigenvalue weighted by atomic mass is 10.1. The number of aromatic nitrogens is 1. The van der Waals surface area contributed by atoms with Crippen LogP contribution in [-0.4, -0.2) is 17.4 Å². The van der Waals surface area contributed by atoms with Crippen molar-refractivity contribution >= 4 is 17.4 Å². The Morgan fingerprint density at radius 1 is 1.23 bits per heavy atom. The maximum absolute atomic E-state index is 11.6. The second-order valence-electron chi connectivity index (χ2n) is 5.15. The van der Waals surface area contributed by atoms with Gasteiger partial charge in [0.05, 0.1) is 11.9 Å². The van der Waals surface area contributed by atoms with Gasteiger partial charge in [-0.25, -0.2) is 4.98 Å². The fourth-order valence-electron chi connectivity index (χ4n) is 2.10. The zero-order valence-electron chi connectivity index (χ0n) is 12.8. The average molecular weight is 298 g/mol. The first kappa shape index (κ1) is 16.0. The summed E-state index contributed by atoms with van der Waals surface area (Å²) in [5.74, 6) is 0.497. The van der Waals surface area contributed by atoms with Crippen LogP contribution in [0.4, 0.5) is 11.5 Å². The van der Waals surface area contributed by atoms with Gasteiger partial charge in [-0.3, -0.25) is 4.79 Å². The molecule has 1 atom stereocenters. The van der Waals surface area contributed by atoms with Gasteiger partial charge in [-0.1, -0.05) is 30.3 Å².